The number of hydrogen-bond donors (Lipinski definition) is 3. The van der Waals surface area contributed by atoms with Gasteiger partial charge in [-0.1, -0.05) is 18.2 Å². The van der Waals surface area contributed by atoms with Gasteiger partial charge in [-0.3, -0.25) is 10.1 Å². The molecule has 1 heterocycles. The van der Waals surface area contributed by atoms with E-state index in [1.807, 2.05) is 25.1 Å². The molecule has 2 rings (SSSR count). The van der Waals surface area contributed by atoms with Gasteiger partial charge in [0.2, 0.25) is 0 Å². The van der Waals surface area contributed by atoms with Gasteiger partial charge in [0.25, 0.3) is 5.91 Å². The van der Waals surface area contributed by atoms with Crippen molar-refractivity contribution >= 4 is 17.6 Å². The Morgan fingerprint density at radius 2 is 1.86 bits per heavy atom. The summed E-state index contributed by atoms with van der Waals surface area (Å²) in [5.41, 5.74) is 1.23. The molecule has 0 radical (unpaired) electrons. The maximum Gasteiger partial charge on any atom is 0.321 e. The Morgan fingerprint density at radius 1 is 1.19 bits per heavy atom. The van der Waals surface area contributed by atoms with Crippen molar-refractivity contribution in [3.05, 3.63) is 30.3 Å². The largest absolute Gasteiger partial charge is 0.360 e. The van der Waals surface area contributed by atoms with Crippen LogP contribution in [0.5, 0.6) is 0 Å². The molecule has 114 valence electrons. The Labute approximate surface area is 125 Å². The van der Waals surface area contributed by atoms with Gasteiger partial charge in [0.05, 0.1) is 26.2 Å². The summed E-state index contributed by atoms with van der Waals surface area (Å²) in [5, 5.41) is 4.90. The van der Waals surface area contributed by atoms with Crippen molar-refractivity contribution in [2.24, 2.45) is 0 Å². The van der Waals surface area contributed by atoms with Gasteiger partial charge in [-0.15, -0.1) is 0 Å². The van der Waals surface area contributed by atoms with Gasteiger partial charge in [0.15, 0.2) is 6.54 Å². The topological polar surface area (TPSA) is 65.9 Å². The zero-order valence-corrected chi connectivity index (χ0v) is 12.4. The Bertz CT molecular complexity index is 470. The van der Waals surface area contributed by atoms with E-state index in [1.54, 1.807) is 0 Å². The van der Waals surface area contributed by atoms with Crippen LogP contribution in [0.3, 0.4) is 0 Å². The van der Waals surface area contributed by atoms with Crippen LogP contribution >= 0.6 is 0 Å². The van der Waals surface area contributed by atoms with Crippen LogP contribution in [-0.4, -0.2) is 51.2 Å². The summed E-state index contributed by atoms with van der Waals surface area (Å²) in [6.45, 7) is 6.33. The van der Waals surface area contributed by atoms with Crippen molar-refractivity contribution in [3.8, 4) is 0 Å². The highest BCUT2D eigenvalue weighted by Gasteiger charge is 2.22. The summed E-state index contributed by atoms with van der Waals surface area (Å²) in [7, 11) is 0. The molecule has 0 unspecified atom stereocenters. The van der Waals surface area contributed by atoms with E-state index >= 15 is 0 Å². The molecule has 0 bridgehead atoms. The highest BCUT2D eigenvalue weighted by molar-refractivity contribution is 5.94. The fourth-order valence-electron chi connectivity index (χ4n) is 2.50. The number of benzene rings is 1. The van der Waals surface area contributed by atoms with Gasteiger partial charge < -0.3 is 15.1 Å². The second-order valence-electron chi connectivity index (χ2n) is 5.16. The predicted octanol–water partition coefficient (Wildman–Crippen LogP) is -0.763. The first kappa shape index (κ1) is 15.3. The third-order valence-electron chi connectivity index (χ3n) is 3.59. The molecule has 21 heavy (non-hydrogen) atoms. The lowest BCUT2D eigenvalue weighted by atomic mass is 10.2. The lowest BCUT2D eigenvalue weighted by Gasteiger charge is -2.33. The lowest BCUT2D eigenvalue weighted by molar-refractivity contribution is -0.892. The zero-order valence-electron chi connectivity index (χ0n) is 12.4. The van der Waals surface area contributed by atoms with E-state index in [4.69, 9.17) is 0 Å². The number of urea groups is 1. The van der Waals surface area contributed by atoms with E-state index < -0.39 is 6.03 Å². The first-order valence-electron chi connectivity index (χ1n) is 7.40. The third kappa shape index (κ3) is 4.75. The number of carbonyl (C=O) groups is 2. The van der Waals surface area contributed by atoms with Crippen LogP contribution in [-0.2, 0) is 4.79 Å². The van der Waals surface area contributed by atoms with E-state index in [9.17, 15) is 9.59 Å². The molecule has 1 aromatic rings. The van der Waals surface area contributed by atoms with Gasteiger partial charge in [0.1, 0.15) is 0 Å². The number of piperazine rings is 1. The minimum atomic E-state index is -0.412. The number of nitrogens with zero attached hydrogens (tertiary/aromatic N) is 1. The molecule has 6 nitrogen and oxygen atoms in total. The normalized spacial score (nSPS) is 15.6. The van der Waals surface area contributed by atoms with Gasteiger partial charge in [-0.05, 0) is 19.1 Å². The molecule has 3 N–H and O–H groups in total. The SMILES string of the molecule is CCNC(=O)NC(=O)C[NH+]1CCN(c2ccccc2)CC1. The predicted molar refractivity (Wildman–Crippen MR) is 81.4 cm³/mol. The quantitative estimate of drug-likeness (QED) is 0.683. The van der Waals surface area contributed by atoms with Crippen molar-refractivity contribution < 1.29 is 14.5 Å². The average Bonchev–Trinajstić information content (AvgIpc) is 2.49. The molecular formula is C15H23N4O2+. The van der Waals surface area contributed by atoms with E-state index in [1.165, 1.54) is 10.6 Å². The molecule has 0 aromatic heterocycles. The van der Waals surface area contributed by atoms with Crippen LogP contribution in [0.15, 0.2) is 30.3 Å². The Morgan fingerprint density at radius 3 is 2.48 bits per heavy atom. The molecule has 1 aliphatic rings. The second-order valence-corrected chi connectivity index (χ2v) is 5.16. The van der Waals surface area contributed by atoms with E-state index in [-0.39, 0.29) is 5.91 Å². The molecule has 0 atom stereocenters. The van der Waals surface area contributed by atoms with Gasteiger partial charge in [-0.2, -0.15) is 0 Å². The monoisotopic (exact) mass is 291 g/mol. The number of imide groups is 1. The number of anilines is 1. The molecule has 0 saturated carbocycles. The van der Waals surface area contributed by atoms with E-state index in [2.05, 4.69) is 27.7 Å². The Kier molecular flexibility index (Phi) is 5.57. The van der Waals surface area contributed by atoms with Crippen LogP contribution in [0.1, 0.15) is 6.92 Å². The first-order valence-corrected chi connectivity index (χ1v) is 7.40. The standard InChI is InChI=1S/C15H22N4O2/c1-2-16-15(21)17-14(20)12-18-8-10-19(11-9-18)13-6-4-3-5-7-13/h3-7H,2,8-12H2,1H3,(H2,16,17,20,21)/p+1. The highest BCUT2D eigenvalue weighted by atomic mass is 16.2. The summed E-state index contributed by atoms with van der Waals surface area (Å²) < 4.78 is 0. The molecule has 1 saturated heterocycles. The maximum absolute atomic E-state index is 11.7. The number of para-hydroxylation sites is 1. The van der Waals surface area contributed by atoms with Crippen LogP contribution in [0.2, 0.25) is 0 Å². The summed E-state index contributed by atoms with van der Waals surface area (Å²) in [5.74, 6) is -0.218. The Balaban J connectivity index is 1.74. The number of amides is 3. The van der Waals surface area contributed by atoms with Crippen molar-refractivity contribution in [2.75, 3.05) is 44.2 Å². The molecule has 0 spiro atoms. The molecule has 1 aromatic carbocycles. The van der Waals surface area contributed by atoms with E-state index in [0.717, 1.165) is 26.2 Å². The third-order valence-corrected chi connectivity index (χ3v) is 3.59. The molecule has 1 fully saturated rings. The molecule has 6 heteroatoms. The van der Waals surface area contributed by atoms with Crippen molar-refractivity contribution in [3.63, 3.8) is 0 Å². The summed E-state index contributed by atoms with van der Waals surface area (Å²) in [6.07, 6.45) is 0. The molecule has 3 amide bonds. The van der Waals surface area contributed by atoms with Crippen LogP contribution in [0.25, 0.3) is 0 Å². The fourth-order valence-corrected chi connectivity index (χ4v) is 2.50. The number of rotatable bonds is 4. The average molecular weight is 291 g/mol. The van der Waals surface area contributed by atoms with Gasteiger partial charge in [-0.25, -0.2) is 4.79 Å². The smallest absolute Gasteiger partial charge is 0.321 e. The molecule has 1 aliphatic heterocycles. The first-order chi connectivity index (χ1) is 10.2. The van der Waals surface area contributed by atoms with Gasteiger partial charge in [0, 0.05) is 12.2 Å². The second kappa shape index (κ2) is 7.64. The summed E-state index contributed by atoms with van der Waals surface area (Å²) in [4.78, 5) is 26.5. The fraction of sp³-hybridized carbons (Fsp3) is 0.467. The number of carbonyl (C=O) groups excluding carboxylic acids is 2. The maximum atomic E-state index is 11.7. The highest BCUT2D eigenvalue weighted by Crippen LogP contribution is 2.12. The summed E-state index contributed by atoms with van der Waals surface area (Å²) in [6, 6.07) is 9.88. The molecular weight excluding hydrogens is 268 g/mol. The van der Waals surface area contributed by atoms with Crippen molar-refractivity contribution in [1.29, 1.82) is 0 Å². The van der Waals surface area contributed by atoms with Crippen LogP contribution in [0, 0.1) is 0 Å². The number of nitrogens with one attached hydrogen (secondary N) is 3. The van der Waals surface area contributed by atoms with Crippen molar-refractivity contribution in [2.45, 2.75) is 6.92 Å². The Hall–Kier alpha value is -2.08. The molecule has 0 aliphatic carbocycles. The van der Waals surface area contributed by atoms with Crippen molar-refractivity contribution in [1.82, 2.24) is 10.6 Å². The van der Waals surface area contributed by atoms with Gasteiger partial charge >= 0.3 is 6.03 Å². The van der Waals surface area contributed by atoms with Crippen LogP contribution < -0.4 is 20.4 Å². The van der Waals surface area contributed by atoms with Crippen LogP contribution in [0.4, 0.5) is 10.5 Å². The lowest BCUT2D eigenvalue weighted by Crippen LogP contribution is -3.16. The minimum absolute atomic E-state index is 0.218. The number of quaternary nitrogens is 1. The van der Waals surface area contributed by atoms with E-state index in [0.29, 0.717) is 13.1 Å². The minimum Gasteiger partial charge on any atom is -0.360 e. The number of hydrogen-bond acceptors (Lipinski definition) is 3. The zero-order chi connectivity index (χ0) is 15.1. The summed E-state index contributed by atoms with van der Waals surface area (Å²) >= 11 is 0.